The lowest BCUT2D eigenvalue weighted by atomic mass is 9.33. The molecule has 2 atom stereocenters. The first kappa shape index (κ1) is 30.6. The molecule has 0 spiro atoms. The molecule has 0 amide bonds. The molecule has 3 aliphatic heterocycles. The van der Waals surface area contributed by atoms with E-state index in [0.29, 0.717) is 0 Å². The van der Waals surface area contributed by atoms with Crippen molar-refractivity contribution in [2.24, 2.45) is 0 Å². The highest BCUT2D eigenvalue weighted by molar-refractivity contribution is 7.00. The highest BCUT2D eigenvalue weighted by atomic mass is 15.3. The first-order valence-corrected chi connectivity index (χ1v) is 18.8. The van der Waals surface area contributed by atoms with Crippen molar-refractivity contribution < 1.29 is 0 Å². The summed E-state index contributed by atoms with van der Waals surface area (Å²) in [6.07, 6.45) is 4.93. The van der Waals surface area contributed by atoms with Crippen molar-refractivity contribution in [3.8, 4) is 0 Å². The minimum absolute atomic E-state index is 0.0435. The van der Waals surface area contributed by atoms with Gasteiger partial charge in [-0.05, 0) is 116 Å². The van der Waals surface area contributed by atoms with E-state index in [-0.39, 0.29) is 17.7 Å². The summed E-state index contributed by atoms with van der Waals surface area (Å²) in [7, 11) is 0. The van der Waals surface area contributed by atoms with Gasteiger partial charge >= 0.3 is 0 Å². The molecule has 51 heavy (non-hydrogen) atoms. The fourth-order valence-corrected chi connectivity index (χ4v) is 10.5. The van der Waals surface area contributed by atoms with Crippen molar-refractivity contribution in [1.82, 2.24) is 0 Å². The van der Waals surface area contributed by atoms with Crippen molar-refractivity contribution >= 4 is 68.6 Å². The normalized spacial score (nSPS) is 20.8. The first-order chi connectivity index (χ1) is 24.8. The van der Waals surface area contributed by atoms with E-state index < -0.39 is 0 Å². The molecule has 0 bridgehead atoms. The van der Waals surface area contributed by atoms with Gasteiger partial charge in [-0.15, -0.1) is 0 Å². The largest absolute Gasteiger partial charge is 0.335 e. The molecule has 10 rings (SSSR count). The monoisotopic (exact) mass is 661 g/mol. The van der Waals surface area contributed by atoms with Crippen LogP contribution in [-0.2, 0) is 5.41 Å². The summed E-state index contributed by atoms with van der Waals surface area (Å²) in [6, 6.07) is 47.8. The third-order valence-electron chi connectivity index (χ3n) is 13.0. The molecule has 2 unspecified atom stereocenters. The SMILES string of the molecule is Cc1cc2c3c(c1)C1(C)CCCCC1(C)N3c1cc(N(c3ccccc3)c3ccccc3)cc3c1B2c1cccc(C)c1N3c1ccccc1C. The highest BCUT2D eigenvalue weighted by Gasteiger charge is 2.61. The minimum Gasteiger partial charge on any atom is -0.335 e. The van der Waals surface area contributed by atoms with Crippen LogP contribution in [0.5, 0.6) is 0 Å². The number of benzene rings is 6. The minimum atomic E-state index is -0.0435. The quantitative estimate of drug-likeness (QED) is 0.174. The van der Waals surface area contributed by atoms with Crippen LogP contribution in [-0.4, -0.2) is 12.3 Å². The standard InChI is InChI=1S/C47H44BN3/c1-31-27-37-45-39(28-31)48-38-23-16-18-33(3)44(38)50(40-24-13-12-17-32(40)2)41-29-36(49(34-19-8-6-9-20-34)35-21-10-7-11-22-35)30-42(43(41)48)51(45)47(5)26-15-14-25-46(37,47)4/h6-13,16-24,27-30H,14-15,25-26H2,1-5H3. The number of aryl methyl sites for hydroxylation is 3. The number of hydrogen-bond acceptors (Lipinski definition) is 3. The summed E-state index contributed by atoms with van der Waals surface area (Å²) in [5.41, 5.74) is 20.0. The molecule has 1 aliphatic carbocycles. The van der Waals surface area contributed by atoms with Crippen LogP contribution in [0.2, 0.25) is 0 Å². The summed E-state index contributed by atoms with van der Waals surface area (Å²) in [4.78, 5) is 7.91. The van der Waals surface area contributed by atoms with Gasteiger partial charge in [-0.25, -0.2) is 0 Å². The molecular formula is C47H44BN3. The Kier molecular flexibility index (Phi) is 6.53. The van der Waals surface area contributed by atoms with Crippen molar-refractivity contribution in [1.29, 1.82) is 0 Å². The van der Waals surface area contributed by atoms with Crippen molar-refractivity contribution in [2.75, 3.05) is 14.7 Å². The number of para-hydroxylation sites is 4. The van der Waals surface area contributed by atoms with Gasteiger partial charge in [-0.3, -0.25) is 0 Å². The molecule has 0 N–H and O–H groups in total. The van der Waals surface area contributed by atoms with E-state index in [1.54, 1.807) is 5.56 Å². The van der Waals surface area contributed by atoms with Gasteiger partial charge in [0.2, 0.25) is 0 Å². The van der Waals surface area contributed by atoms with Crippen LogP contribution in [0, 0.1) is 20.8 Å². The highest BCUT2D eigenvalue weighted by Crippen LogP contribution is 2.62. The fraction of sp³-hybridized carbons (Fsp3) is 0.234. The first-order valence-electron chi connectivity index (χ1n) is 18.8. The molecule has 250 valence electrons. The van der Waals surface area contributed by atoms with Gasteiger partial charge in [-0.1, -0.05) is 110 Å². The zero-order valence-electron chi connectivity index (χ0n) is 30.4. The van der Waals surface area contributed by atoms with Gasteiger partial charge in [-0.2, -0.15) is 0 Å². The summed E-state index contributed by atoms with van der Waals surface area (Å²) in [5, 5.41) is 0. The van der Waals surface area contributed by atoms with E-state index in [2.05, 4.69) is 177 Å². The van der Waals surface area contributed by atoms with Gasteiger partial charge in [0.05, 0.1) is 11.2 Å². The zero-order valence-corrected chi connectivity index (χ0v) is 30.4. The lowest BCUT2D eigenvalue weighted by molar-refractivity contribution is 0.195. The van der Waals surface area contributed by atoms with E-state index >= 15 is 0 Å². The van der Waals surface area contributed by atoms with Gasteiger partial charge in [0, 0.05) is 45.2 Å². The second-order valence-electron chi connectivity index (χ2n) is 15.9. The summed E-state index contributed by atoms with van der Waals surface area (Å²) < 4.78 is 0. The number of anilines is 8. The Morgan fingerprint density at radius 2 is 1.22 bits per heavy atom. The van der Waals surface area contributed by atoms with E-state index in [4.69, 9.17) is 0 Å². The van der Waals surface area contributed by atoms with Crippen LogP contribution in [0.15, 0.2) is 127 Å². The topological polar surface area (TPSA) is 9.72 Å². The maximum atomic E-state index is 2.85. The smallest absolute Gasteiger partial charge is 0.252 e. The Balaban J connectivity index is 1.37. The zero-order chi connectivity index (χ0) is 34.6. The number of rotatable bonds is 4. The molecule has 3 heterocycles. The Morgan fingerprint density at radius 1 is 0.569 bits per heavy atom. The second-order valence-corrected chi connectivity index (χ2v) is 15.9. The molecule has 4 aliphatic rings. The Morgan fingerprint density at radius 3 is 1.94 bits per heavy atom. The van der Waals surface area contributed by atoms with Crippen LogP contribution >= 0.6 is 0 Å². The van der Waals surface area contributed by atoms with Gasteiger partial charge in [0.1, 0.15) is 0 Å². The third kappa shape index (κ3) is 4.08. The molecule has 0 aromatic heterocycles. The fourth-order valence-electron chi connectivity index (χ4n) is 10.5. The van der Waals surface area contributed by atoms with Gasteiger partial charge in [0.25, 0.3) is 6.71 Å². The predicted octanol–water partition coefficient (Wildman–Crippen LogP) is 10.4. The van der Waals surface area contributed by atoms with Gasteiger partial charge in [0.15, 0.2) is 0 Å². The van der Waals surface area contributed by atoms with Crippen molar-refractivity contribution in [3.05, 3.63) is 150 Å². The molecule has 1 saturated carbocycles. The Bertz CT molecular complexity index is 2330. The van der Waals surface area contributed by atoms with E-state index in [1.165, 1.54) is 92.9 Å². The van der Waals surface area contributed by atoms with E-state index in [1.807, 2.05) is 0 Å². The predicted molar refractivity (Wildman–Crippen MR) is 217 cm³/mol. The molecule has 0 saturated heterocycles. The average Bonchev–Trinajstić information content (AvgIpc) is 3.35. The Labute approximate surface area is 303 Å². The molecule has 6 aromatic rings. The van der Waals surface area contributed by atoms with Crippen LogP contribution in [0.25, 0.3) is 0 Å². The number of hydrogen-bond donors (Lipinski definition) is 0. The van der Waals surface area contributed by atoms with Crippen LogP contribution in [0.4, 0.5) is 45.5 Å². The van der Waals surface area contributed by atoms with Crippen LogP contribution < -0.4 is 31.1 Å². The maximum Gasteiger partial charge on any atom is 0.252 e. The lowest BCUT2D eigenvalue weighted by Crippen LogP contribution is -2.64. The van der Waals surface area contributed by atoms with Crippen molar-refractivity contribution in [2.45, 2.75) is 71.3 Å². The van der Waals surface area contributed by atoms with E-state index in [0.717, 1.165) is 11.4 Å². The molecular weight excluding hydrogens is 617 g/mol. The third-order valence-corrected chi connectivity index (χ3v) is 13.0. The average molecular weight is 662 g/mol. The van der Waals surface area contributed by atoms with E-state index in [9.17, 15) is 0 Å². The maximum absolute atomic E-state index is 2.85. The molecule has 3 nitrogen and oxygen atoms in total. The molecule has 6 aromatic carbocycles. The van der Waals surface area contributed by atoms with Crippen LogP contribution in [0.3, 0.4) is 0 Å². The number of fused-ring (bicyclic) bond motifs is 7. The molecule has 1 fully saturated rings. The second kappa shape index (κ2) is 10.9. The van der Waals surface area contributed by atoms with Crippen molar-refractivity contribution in [3.63, 3.8) is 0 Å². The van der Waals surface area contributed by atoms with Gasteiger partial charge < -0.3 is 14.7 Å². The summed E-state index contributed by atoms with van der Waals surface area (Å²) >= 11 is 0. The number of nitrogens with zero attached hydrogens (tertiary/aromatic N) is 3. The molecule has 0 radical (unpaired) electrons. The summed E-state index contributed by atoms with van der Waals surface area (Å²) in [6.45, 7) is 12.2. The summed E-state index contributed by atoms with van der Waals surface area (Å²) in [5.74, 6) is 0. The Hall–Kier alpha value is -5.22. The lowest BCUT2D eigenvalue weighted by Gasteiger charge is -2.53. The van der Waals surface area contributed by atoms with Crippen LogP contribution in [0.1, 0.15) is 61.8 Å². The molecule has 4 heteroatoms.